The van der Waals surface area contributed by atoms with Crippen molar-refractivity contribution in [1.82, 2.24) is 9.55 Å². The first-order chi connectivity index (χ1) is 14.2. The number of H-pyrrole nitrogens is 1. The molecule has 2 nitrogen and oxygen atoms in total. The third-order valence-electron chi connectivity index (χ3n) is 5.65. The Hall–Kier alpha value is -2.31. The Balaban J connectivity index is 1.81. The molecule has 4 aromatic carbocycles. The molecule has 0 radical (unpaired) electrons. The van der Waals surface area contributed by atoms with Crippen LogP contribution in [0.25, 0.3) is 49.3 Å². The van der Waals surface area contributed by atoms with Gasteiger partial charge in [-0.3, -0.25) is 0 Å². The molecule has 0 atom stereocenters. The zero-order valence-electron chi connectivity index (χ0n) is 15.7. The van der Waals surface area contributed by atoms with E-state index in [9.17, 15) is 0 Å². The Bertz CT molecular complexity index is 1540. The number of hydrogen-bond donors (Lipinski definition) is 1. The third-order valence-corrected chi connectivity index (χ3v) is 8.14. The second-order valence-electron chi connectivity index (χ2n) is 7.23. The van der Waals surface area contributed by atoms with Crippen LogP contribution in [0.15, 0.2) is 83.3 Å². The normalized spacial score (nSPS) is 12.1. The second-order valence-corrected chi connectivity index (χ2v) is 10.4. The van der Waals surface area contributed by atoms with Gasteiger partial charge in [-0.15, -0.1) is 0 Å². The van der Waals surface area contributed by atoms with Crippen LogP contribution in [-0.2, 0) is 0 Å². The minimum absolute atomic E-state index is 0.0361. The molecule has 2 aromatic heterocycles. The van der Waals surface area contributed by atoms with E-state index in [2.05, 4.69) is 109 Å². The molecular weight excluding hydrogens is 535 g/mol. The number of rotatable bonds is 2. The molecule has 0 unspecified atom stereocenters. The van der Waals surface area contributed by atoms with Crippen molar-refractivity contribution < 1.29 is 21.2 Å². The van der Waals surface area contributed by atoms with Crippen LogP contribution in [0.4, 0.5) is 0 Å². The standard InChI is InChI=1S/C25H17BrIN2/c1-27-15-11-20-18-14-24-19(13-22(18)28-25(20)21(26)12-15)17-9-5-6-10-23(17)29(24)16-7-3-2-4-8-16/h2-14,28H,1H3/q-1. The number of aromatic amines is 1. The van der Waals surface area contributed by atoms with Crippen LogP contribution in [0, 0.1) is 3.57 Å². The zero-order valence-corrected chi connectivity index (χ0v) is 19.5. The molecule has 0 spiro atoms. The molecule has 0 saturated carbocycles. The number of nitrogens with zero attached hydrogens (tertiary/aromatic N) is 1. The summed E-state index contributed by atoms with van der Waals surface area (Å²) in [6, 6.07) is 28.6. The molecule has 142 valence electrons. The van der Waals surface area contributed by atoms with E-state index in [1.807, 2.05) is 0 Å². The predicted molar refractivity (Wildman–Crippen MR) is 122 cm³/mol. The van der Waals surface area contributed by atoms with E-state index < -0.39 is 0 Å². The summed E-state index contributed by atoms with van der Waals surface area (Å²) >= 11 is 3.82. The quantitative estimate of drug-likeness (QED) is 0.247. The molecule has 2 heterocycles. The molecule has 0 saturated heterocycles. The van der Waals surface area contributed by atoms with Gasteiger partial charge >= 0.3 is 188 Å². The van der Waals surface area contributed by atoms with Crippen LogP contribution < -0.4 is 21.2 Å². The van der Waals surface area contributed by atoms with Crippen LogP contribution in [-0.4, -0.2) is 14.5 Å². The molecule has 29 heavy (non-hydrogen) atoms. The van der Waals surface area contributed by atoms with Gasteiger partial charge in [0.2, 0.25) is 0 Å². The number of alkyl halides is 1. The number of aromatic nitrogens is 2. The fourth-order valence-corrected chi connectivity index (χ4v) is 6.59. The SMILES string of the molecule is C[I-]c1cc(Br)c2[nH]c3cc4c5ccccc5n(-c5ccccc5)c4cc3c2c1. The average molecular weight is 552 g/mol. The summed E-state index contributed by atoms with van der Waals surface area (Å²) in [6.45, 7) is 0. The predicted octanol–water partition coefficient (Wildman–Crippen LogP) is 4.07. The van der Waals surface area contributed by atoms with E-state index in [0.717, 1.165) is 4.47 Å². The van der Waals surface area contributed by atoms with Gasteiger partial charge in [-0.1, -0.05) is 0 Å². The first kappa shape index (κ1) is 17.5. The van der Waals surface area contributed by atoms with Gasteiger partial charge in [0.1, 0.15) is 0 Å². The van der Waals surface area contributed by atoms with Gasteiger partial charge in [-0.05, 0) is 0 Å². The Kier molecular flexibility index (Phi) is 4.00. The Morgan fingerprint density at radius 1 is 0.759 bits per heavy atom. The van der Waals surface area contributed by atoms with Crippen LogP contribution in [0.1, 0.15) is 0 Å². The van der Waals surface area contributed by atoms with Crippen molar-refractivity contribution in [3.8, 4) is 5.69 Å². The first-order valence-corrected chi connectivity index (χ1v) is 13.5. The number of nitrogens with one attached hydrogen (secondary N) is 1. The van der Waals surface area contributed by atoms with Crippen molar-refractivity contribution in [1.29, 1.82) is 0 Å². The fraction of sp³-hybridized carbons (Fsp3) is 0.0400. The van der Waals surface area contributed by atoms with E-state index in [1.54, 1.807) is 0 Å². The van der Waals surface area contributed by atoms with Gasteiger partial charge in [0.15, 0.2) is 0 Å². The second kappa shape index (κ2) is 6.61. The van der Waals surface area contributed by atoms with Crippen molar-refractivity contribution in [3.63, 3.8) is 0 Å². The molecule has 0 amide bonds. The molecule has 6 rings (SSSR count). The van der Waals surface area contributed by atoms with E-state index in [4.69, 9.17) is 0 Å². The van der Waals surface area contributed by atoms with Crippen molar-refractivity contribution in [2.75, 3.05) is 4.93 Å². The average Bonchev–Trinajstić information content (AvgIpc) is 3.28. The molecule has 0 aliphatic rings. The van der Waals surface area contributed by atoms with Crippen molar-refractivity contribution in [2.45, 2.75) is 0 Å². The monoisotopic (exact) mass is 551 g/mol. The summed E-state index contributed by atoms with van der Waals surface area (Å²) in [5.41, 5.74) is 6.06. The molecule has 0 aliphatic heterocycles. The molecule has 0 bridgehead atoms. The van der Waals surface area contributed by atoms with Gasteiger partial charge in [-0.25, -0.2) is 0 Å². The summed E-state index contributed by atoms with van der Waals surface area (Å²) in [4.78, 5) is 5.97. The topological polar surface area (TPSA) is 20.7 Å². The van der Waals surface area contributed by atoms with Gasteiger partial charge in [0.25, 0.3) is 0 Å². The van der Waals surface area contributed by atoms with Crippen LogP contribution in [0.5, 0.6) is 0 Å². The maximum absolute atomic E-state index is 3.79. The third kappa shape index (κ3) is 2.58. The molecule has 6 aromatic rings. The van der Waals surface area contributed by atoms with Crippen LogP contribution in [0.3, 0.4) is 0 Å². The zero-order chi connectivity index (χ0) is 19.5. The van der Waals surface area contributed by atoms with Crippen LogP contribution in [0.2, 0.25) is 0 Å². The Labute approximate surface area is 186 Å². The van der Waals surface area contributed by atoms with Crippen molar-refractivity contribution >= 4 is 59.5 Å². The summed E-state index contributed by atoms with van der Waals surface area (Å²) in [5, 5.41) is 5.15. The maximum atomic E-state index is 3.79. The molecular formula is C25H17BrIN2-. The first-order valence-electron chi connectivity index (χ1n) is 9.47. The summed E-state index contributed by atoms with van der Waals surface area (Å²) in [5.74, 6) is 0. The van der Waals surface area contributed by atoms with Crippen molar-refractivity contribution in [3.05, 3.63) is 86.9 Å². The van der Waals surface area contributed by atoms with Crippen LogP contribution >= 0.6 is 15.9 Å². The number of fused-ring (bicyclic) bond motifs is 6. The van der Waals surface area contributed by atoms with Gasteiger partial charge in [0.05, 0.1) is 0 Å². The van der Waals surface area contributed by atoms with E-state index >= 15 is 0 Å². The van der Waals surface area contributed by atoms with E-state index in [-0.39, 0.29) is 21.2 Å². The molecule has 0 fully saturated rings. The van der Waals surface area contributed by atoms with Gasteiger partial charge in [-0.2, -0.15) is 0 Å². The summed E-state index contributed by atoms with van der Waals surface area (Å²) in [7, 11) is 0. The summed E-state index contributed by atoms with van der Waals surface area (Å²) < 4.78 is 4.99. The molecule has 4 heteroatoms. The minimum atomic E-state index is 0.0361. The van der Waals surface area contributed by atoms with Gasteiger partial charge in [0, 0.05) is 0 Å². The molecule has 0 aliphatic carbocycles. The molecule has 1 N–H and O–H groups in total. The summed E-state index contributed by atoms with van der Waals surface area (Å²) in [6.07, 6.45) is 0. The Morgan fingerprint density at radius 2 is 1.55 bits per heavy atom. The number of hydrogen-bond acceptors (Lipinski definition) is 0. The fourth-order valence-electron chi connectivity index (χ4n) is 4.35. The van der Waals surface area contributed by atoms with E-state index in [0.29, 0.717) is 0 Å². The number of benzene rings is 4. The van der Waals surface area contributed by atoms with E-state index in [1.165, 1.54) is 52.9 Å². The van der Waals surface area contributed by atoms with Crippen molar-refractivity contribution in [2.24, 2.45) is 0 Å². The number of halogens is 2. The number of para-hydroxylation sites is 2. The van der Waals surface area contributed by atoms with Gasteiger partial charge < -0.3 is 0 Å². The Morgan fingerprint density at radius 3 is 2.38 bits per heavy atom.